The fourth-order valence-corrected chi connectivity index (χ4v) is 3.55. The minimum Gasteiger partial charge on any atom is -0.490 e. The zero-order chi connectivity index (χ0) is 24.2. The van der Waals surface area contributed by atoms with Crippen molar-refractivity contribution in [2.45, 2.75) is 26.9 Å². The van der Waals surface area contributed by atoms with Gasteiger partial charge in [-0.25, -0.2) is 14.4 Å². The van der Waals surface area contributed by atoms with Gasteiger partial charge in [0.1, 0.15) is 11.6 Å². The summed E-state index contributed by atoms with van der Waals surface area (Å²) in [5.41, 5.74) is 4.55. The molecule has 4 aromatic rings. The number of para-hydroxylation sites is 1. The number of hydrogen-bond acceptors (Lipinski definition) is 5. The van der Waals surface area contributed by atoms with Crippen molar-refractivity contribution >= 4 is 34.1 Å². The summed E-state index contributed by atoms with van der Waals surface area (Å²) in [5, 5.41) is 6.83. The number of halogens is 1. The maximum absolute atomic E-state index is 13.9. The van der Waals surface area contributed by atoms with Gasteiger partial charge in [0, 0.05) is 40.2 Å². The lowest BCUT2D eigenvalue weighted by Gasteiger charge is -2.16. The number of aryl methyl sites for hydroxylation is 1. The number of amides is 1. The van der Waals surface area contributed by atoms with Crippen LogP contribution in [0.2, 0.25) is 0 Å². The molecule has 2 N–H and O–H groups in total. The first kappa shape index (κ1) is 22.9. The summed E-state index contributed by atoms with van der Waals surface area (Å²) in [5.74, 6) is 0.191. The summed E-state index contributed by atoms with van der Waals surface area (Å²) in [6.07, 6.45) is 2.84. The van der Waals surface area contributed by atoms with Crippen LogP contribution in [0.25, 0.3) is 22.0 Å². The van der Waals surface area contributed by atoms with Crippen LogP contribution in [0.4, 0.5) is 21.7 Å². The molecule has 3 aromatic carbocycles. The Balaban J connectivity index is 1.74. The van der Waals surface area contributed by atoms with Crippen molar-refractivity contribution in [2.24, 2.45) is 0 Å². The summed E-state index contributed by atoms with van der Waals surface area (Å²) in [7, 11) is 0. The molecule has 0 aliphatic carbocycles. The molecule has 34 heavy (non-hydrogen) atoms. The number of benzene rings is 3. The Kier molecular flexibility index (Phi) is 6.54. The van der Waals surface area contributed by atoms with E-state index >= 15 is 0 Å². The highest BCUT2D eigenvalue weighted by Gasteiger charge is 2.14. The number of nitrogens with zero attached hydrogens (tertiary/aromatic N) is 2. The van der Waals surface area contributed by atoms with Crippen molar-refractivity contribution in [3.63, 3.8) is 0 Å². The second-order valence-corrected chi connectivity index (χ2v) is 8.09. The molecule has 0 saturated carbocycles. The third-order valence-electron chi connectivity index (χ3n) is 5.14. The van der Waals surface area contributed by atoms with E-state index in [0.717, 1.165) is 22.1 Å². The number of hydrogen-bond donors (Lipinski definition) is 2. The molecule has 172 valence electrons. The van der Waals surface area contributed by atoms with Crippen LogP contribution in [0.5, 0.6) is 5.75 Å². The third-order valence-corrected chi connectivity index (χ3v) is 5.14. The van der Waals surface area contributed by atoms with Crippen LogP contribution in [0, 0.1) is 12.7 Å². The van der Waals surface area contributed by atoms with Gasteiger partial charge in [0.05, 0.1) is 11.6 Å². The van der Waals surface area contributed by atoms with Gasteiger partial charge in [-0.2, -0.15) is 0 Å². The number of carbonyl (C=O) groups excluding carboxylic acids is 1. The summed E-state index contributed by atoms with van der Waals surface area (Å²) in [4.78, 5) is 20.9. The third kappa shape index (κ3) is 5.04. The maximum atomic E-state index is 13.9. The number of fused-ring (bicyclic) bond motifs is 1. The first-order valence-corrected chi connectivity index (χ1v) is 10.9. The number of nitrogens with one attached hydrogen (secondary N) is 2. The molecular weight excluding hydrogens is 431 g/mol. The van der Waals surface area contributed by atoms with Crippen LogP contribution in [0.3, 0.4) is 0 Å². The van der Waals surface area contributed by atoms with Crippen molar-refractivity contribution in [1.29, 1.82) is 0 Å². The fourth-order valence-electron chi connectivity index (χ4n) is 3.55. The number of anilines is 3. The van der Waals surface area contributed by atoms with Gasteiger partial charge in [-0.05, 0) is 56.7 Å². The summed E-state index contributed by atoms with van der Waals surface area (Å²) in [6, 6.07) is 15.8. The van der Waals surface area contributed by atoms with E-state index in [-0.39, 0.29) is 17.8 Å². The van der Waals surface area contributed by atoms with E-state index in [9.17, 15) is 9.18 Å². The molecule has 0 aliphatic rings. The predicted octanol–water partition coefficient (Wildman–Crippen LogP) is 6.40. The van der Waals surface area contributed by atoms with E-state index in [2.05, 4.69) is 22.2 Å². The van der Waals surface area contributed by atoms with Crippen LogP contribution in [-0.2, 0) is 4.79 Å². The molecule has 0 unspecified atom stereocenters. The van der Waals surface area contributed by atoms with E-state index in [1.54, 1.807) is 12.3 Å². The predicted molar refractivity (Wildman–Crippen MR) is 134 cm³/mol. The molecule has 1 amide bonds. The molecule has 0 radical (unpaired) electrons. The lowest BCUT2D eigenvalue weighted by Crippen LogP contribution is -2.09. The van der Waals surface area contributed by atoms with E-state index in [4.69, 9.17) is 9.72 Å². The molecule has 0 fully saturated rings. The van der Waals surface area contributed by atoms with Crippen LogP contribution in [0.1, 0.15) is 19.4 Å². The second-order valence-electron chi connectivity index (χ2n) is 8.09. The van der Waals surface area contributed by atoms with Gasteiger partial charge in [0.2, 0.25) is 11.9 Å². The topological polar surface area (TPSA) is 76.1 Å². The Morgan fingerprint density at radius 2 is 1.94 bits per heavy atom. The molecule has 4 rings (SSSR count). The molecule has 1 heterocycles. The minimum absolute atomic E-state index is 0.111. The van der Waals surface area contributed by atoms with Gasteiger partial charge in [0.15, 0.2) is 0 Å². The van der Waals surface area contributed by atoms with Gasteiger partial charge < -0.3 is 15.4 Å². The first-order chi connectivity index (χ1) is 16.3. The molecule has 0 bridgehead atoms. The molecular formula is C27H25FN4O2. The molecule has 0 atom stereocenters. The Morgan fingerprint density at radius 3 is 2.71 bits per heavy atom. The Hall–Kier alpha value is -4.26. The lowest BCUT2D eigenvalue weighted by atomic mass is 10.0. The zero-order valence-corrected chi connectivity index (χ0v) is 19.2. The van der Waals surface area contributed by atoms with E-state index in [1.165, 1.54) is 18.2 Å². The standard InChI is InChI=1S/C27H25FN4O2/c1-5-25(33)31-23-14-20(11-9-17(23)4)30-27-29-15-18-7-6-8-22(26(18)32-27)21-12-10-19(28)13-24(21)34-16(2)3/h5-16H,1H2,2-4H3,(H,31,33)(H,29,30,32). The molecule has 0 saturated heterocycles. The van der Waals surface area contributed by atoms with Crippen molar-refractivity contribution in [2.75, 3.05) is 10.6 Å². The largest absolute Gasteiger partial charge is 0.490 e. The SMILES string of the molecule is C=CC(=O)Nc1cc(Nc2ncc3cccc(-c4ccc(F)cc4OC(C)C)c3n2)ccc1C. The van der Waals surface area contributed by atoms with Crippen molar-refractivity contribution in [3.05, 3.63) is 84.8 Å². The van der Waals surface area contributed by atoms with Crippen LogP contribution in [0.15, 0.2) is 73.4 Å². The Bertz CT molecular complexity index is 1380. The summed E-state index contributed by atoms with van der Waals surface area (Å²) < 4.78 is 19.8. The van der Waals surface area contributed by atoms with Crippen LogP contribution in [-0.4, -0.2) is 22.0 Å². The van der Waals surface area contributed by atoms with E-state index in [1.807, 2.05) is 57.2 Å². The van der Waals surface area contributed by atoms with Gasteiger partial charge in [-0.1, -0.05) is 30.8 Å². The number of carbonyl (C=O) groups is 1. The summed E-state index contributed by atoms with van der Waals surface area (Å²) in [6.45, 7) is 9.19. The molecule has 1 aromatic heterocycles. The number of rotatable bonds is 7. The zero-order valence-electron chi connectivity index (χ0n) is 19.2. The lowest BCUT2D eigenvalue weighted by molar-refractivity contribution is -0.111. The maximum Gasteiger partial charge on any atom is 0.247 e. The fraction of sp³-hybridized carbons (Fsp3) is 0.148. The molecule has 0 aliphatic heterocycles. The number of aromatic nitrogens is 2. The molecule has 0 spiro atoms. The van der Waals surface area contributed by atoms with Crippen molar-refractivity contribution < 1.29 is 13.9 Å². The quantitative estimate of drug-likeness (QED) is 0.315. The van der Waals surface area contributed by atoms with Gasteiger partial charge in [-0.3, -0.25) is 4.79 Å². The van der Waals surface area contributed by atoms with Gasteiger partial charge in [0.25, 0.3) is 0 Å². The smallest absolute Gasteiger partial charge is 0.247 e. The average Bonchev–Trinajstić information content (AvgIpc) is 2.80. The highest BCUT2D eigenvalue weighted by atomic mass is 19.1. The Labute approximate surface area is 197 Å². The van der Waals surface area contributed by atoms with E-state index < -0.39 is 0 Å². The highest BCUT2D eigenvalue weighted by Crippen LogP contribution is 2.36. The summed E-state index contributed by atoms with van der Waals surface area (Å²) >= 11 is 0. The van der Waals surface area contributed by atoms with Crippen LogP contribution < -0.4 is 15.4 Å². The van der Waals surface area contributed by atoms with Gasteiger partial charge >= 0.3 is 0 Å². The monoisotopic (exact) mass is 456 g/mol. The van der Waals surface area contributed by atoms with Crippen molar-refractivity contribution in [3.8, 4) is 16.9 Å². The van der Waals surface area contributed by atoms with E-state index in [0.29, 0.717) is 28.6 Å². The van der Waals surface area contributed by atoms with Gasteiger partial charge in [-0.15, -0.1) is 0 Å². The van der Waals surface area contributed by atoms with Crippen molar-refractivity contribution in [1.82, 2.24) is 9.97 Å². The Morgan fingerprint density at radius 1 is 1.12 bits per heavy atom. The van der Waals surface area contributed by atoms with Crippen LogP contribution >= 0.6 is 0 Å². The minimum atomic E-state index is -0.365. The highest BCUT2D eigenvalue weighted by molar-refractivity contribution is 6.00. The molecule has 7 heteroatoms. The average molecular weight is 457 g/mol. The number of ether oxygens (including phenoxy) is 1. The first-order valence-electron chi connectivity index (χ1n) is 10.9. The second kappa shape index (κ2) is 9.70. The normalized spacial score (nSPS) is 10.9. The molecule has 6 nitrogen and oxygen atoms in total.